The molecule has 0 radical (unpaired) electrons. The topological polar surface area (TPSA) is 88.7 Å². The molecule has 0 aliphatic carbocycles. The number of phenolic OH excluding ortho intramolecular Hbond substituents is 1. The van der Waals surface area contributed by atoms with Crippen LogP contribution >= 0.6 is 0 Å². The zero-order valence-corrected chi connectivity index (χ0v) is 19.4. The lowest BCUT2D eigenvalue weighted by atomic mass is 10.1. The molecule has 4 rings (SSSR count). The first kappa shape index (κ1) is 23.0. The molecule has 0 aromatic heterocycles. The number of rotatable bonds is 5. The first-order valence-corrected chi connectivity index (χ1v) is 11.7. The highest BCUT2D eigenvalue weighted by Gasteiger charge is 2.28. The molecule has 174 valence electrons. The Hall–Kier alpha value is -3.19. The molecule has 2 aliphatic heterocycles. The van der Waals surface area contributed by atoms with E-state index in [4.69, 9.17) is 9.98 Å². The first-order chi connectivity index (χ1) is 16.0. The van der Waals surface area contributed by atoms with Crippen molar-refractivity contribution in [1.29, 1.82) is 0 Å². The average molecular weight is 449 g/mol. The van der Waals surface area contributed by atoms with Crippen LogP contribution in [-0.2, 0) is 11.2 Å². The fourth-order valence-corrected chi connectivity index (χ4v) is 4.28. The van der Waals surface area contributed by atoms with Crippen molar-refractivity contribution in [1.82, 2.24) is 9.80 Å². The summed E-state index contributed by atoms with van der Waals surface area (Å²) in [6.45, 7) is 6.46. The van der Waals surface area contributed by atoms with Crippen LogP contribution in [0.2, 0.25) is 0 Å². The van der Waals surface area contributed by atoms with Crippen LogP contribution in [0, 0.1) is 6.92 Å². The quantitative estimate of drug-likeness (QED) is 0.734. The number of hydrogen-bond acceptors (Lipinski definition) is 6. The van der Waals surface area contributed by atoms with Crippen LogP contribution in [0.3, 0.4) is 0 Å². The summed E-state index contributed by atoms with van der Waals surface area (Å²) in [6, 6.07) is 13.3. The number of unbranched alkanes of at least 4 members (excludes halogenated alkanes) is 1. The predicted octanol–water partition coefficient (Wildman–Crippen LogP) is 3.43. The zero-order valence-electron chi connectivity index (χ0n) is 19.4. The van der Waals surface area contributed by atoms with Crippen LogP contribution in [0.4, 0.5) is 5.69 Å². The minimum atomic E-state index is -0.915. The van der Waals surface area contributed by atoms with Crippen molar-refractivity contribution in [2.45, 2.75) is 45.6 Å². The number of hydrogen-bond donors (Lipinski definition) is 2. The predicted molar refractivity (Wildman–Crippen MR) is 130 cm³/mol. The number of piperazine rings is 1. The molecule has 0 spiro atoms. The fraction of sp³-hybridized carbons (Fsp3) is 0.423. The van der Waals surface area contributed by atoms with E-state index < -0.39 is 6.10 Å². The van der Waals surface area contributed by atoms with Gasteiger partial charge in [0, 0.05) is 32.6 Å². The van der Waals surface area contributed by atoms with Crippen molar-refractivity contribution in [2.75, 3.05) is 26.2 Å². The third-order valence-corrected chi connectivity index (χ3v) is 6.27. The maximum atomic E-state index is 12.6. The SMILES string of the molecule is CCCCC(O)C(=O)N1CCN(C2=NC(c3ccccc3O)=Nc3cc(C)ccc3C2)CC1. The first-order valence-electron chi connectivity index (χ1n) is 11.7. The van der Waals surface area contributed by atoms with Gasteiger partial charge in [0.2, 0.25) is 0 Å². The molecule has 2 aliphatic rings. The normalized spacial score (nSPS) is 17.1. The van der Waals surface area contributed by atoms with Crippen LogP contribution in [0.1, 0.15) is 42.9 Å². The number of amidine groups is 2. The van der Waals surface area contributed by atoms with E-state index in [9.17, 15) is 15.0 Å². The van der Waals surface area contributed by atoms with E-state index in [0.717, 1.165) is 35.5 Å². The number of fused-ring (bicyclic) bond motifs is 1. The van der Waals surface area contributed by atoms with E-state index in [-0.39, 0.29) is 11.7 Å². The Labute approximate surface area is 195 Å². The molecular formula is C26H32N4O3. The number of aliphatic imine (C=N–C) groups is 2. The van der Waals surface area contributed by atoms with Crippen LogP contribution in [-0.4, -0.2) is 69.9 Å². The highest BCUT2D eigenvalue weighted by molar-refractivity contribution is 6.10. The number of amides is 1. The highest BCUT2D eigenvalue weighted by Crippen LogP contribution is 2.29. The Balaban J connectivity index is 1.56. The number of aromatic hydroxyl groups is 1. The Morgan fingerprint density at radius 2 is 1.85 bits per heavy atom. The van der Waals surface area contributed by atoms with Crippen molar-refractivity contribution in [3.05, 3.63) is 59.2 Å². The van der Waals surface area contributed by atoms with Crippen molar-refractivity contribution in [2.24, 2.45) is 9.98 Å². The van der Waals surface area contributed by atoms with E-state index in [1.54, 1.807) is 17.0 Å². The van der Waals surface area contributed by atoms with Gasteiger partial charge in [0.15, 0.2) is 5.84 Å². The maximum Gasteiger partial charge on any atom is 0.251 e. The van der Waals surface area contributed by atoms with Crippen molar-refractivity contribution in [3.8, 4) is 5.75 Å². The zero-order chi connectivity index (χ0) is 23.4. The molecule has 1 amide bonds. The molecule has 1 atom stereocenters. The van der Waals surface area contributed by atoms with Crippen LogP contribution in [0.25, 0.3) is 0 Å². The second-order valence-electron chi connectivity index (χ2n) is 8.76. The Bertz CT molecular complexity index is 1070. The van der Waals surface area contributed by atoms with Crippen LogP contribution < -0.4 is 0 Å². The number of aliphatic hydroxyl groups is 1. The van der Waals surface area contributed by atoms with Gasteiger partial charge in [-0.2, -0.15) is 0 Å². The summed E-state index contributed by atoms with van der Waals surface area (Å²) < 4.78 is 0. The molecule has 33 heavy (non-hydrogen) atoms. The van der Waals surface area contributed by atoms with Gasteiger partial charge in [-0.25, -0.2) is 9.98 Å². The summed E-state index contributed by atoms with van der Waals surface area (Å²) in [6.07, 6.45) is 2.03. The number of nitrogens with zero attached hydrogens (tertiary/aromatic N) is 4. The highest BCUT2D eigenvalue weighted by atomic mass is 16.3. The van der Waals surface area contributed by atoms with Gasteiger partial charge >= 0.3 is 0 Å². The summed E-state index contributed by atoms with van der Waals surface area (Å²) >= 11 is 0. The second-order valence-corrected chi connectivity index (χ2v) is 8.76. The molecule has 2 aromatic carbocycles. The Morgan fingerprint density at radius 3 is 2.58 bits per heavy atom. The van der Waals surface area contributed by atoms with E-state index >= 15 is 0 Å². The maximum absolute atomic E-state index is 12.6. The average Bonchev–Trinajstić information content (AvgIpc) is 3.01. The number of aliphatic hydroxyl groups excluding tert-OH is 1. The van der Waals surface area contributed by atoms with Gasteiger partial charge in [-0.05, 0) is 42.7 Å². The molecule has 0 bridgehead atoms. The number of aryl methyl sites for hydroxylation is 1. The fourth-order valence-electron chi connectivity index (χ4n) is 4.28. The summed E-state index contributed by atoms with van der Waals surface area (Å²) in [5.74, 6) is 1.33. The van der Waals surface area contributed by atoms with Crippen molar-refractivity contribution >= 4 is 23.3 Å². The van der Waals surface area contributed by atoms with Crippen molar-refractivity contribution < 1.29 is 15.0 Å². The second kappa shape index (κ2) is 10.2. The van der Waals surface area contributed by atoms with Gasteiger partial charge in [0.1, 0.15) is 17.7 Å². The lowest BCUT2D eigenvalue weighted by molar-refractivity contribution is -0.141. The summed E-state index contributed by atoms with van der Waals surface area (Å²) in [5, 5.41) is 20.6. The van der Waals surface area contributed by atoms with E-state index in [0.29, 0.717) is 50.4 Å². The molecule has 1 fully saturated rings. The smallest absolute Gasteiger partial charge is 0.251 e. The Kier molecular flexibility index (Phi) is 7.08. The van der Waals surface area contributed by atoms with Gasteiger partial charge in [-0.1, -0.05) is 44.0 Å². The van der Waals surface area contributed by atoms with Crippen molar-refractivity contribution in [3.63, 3.8) is 0 Å². The van der Waals surface area contributed by atoms with E-state index in [1.807, 2.05) is 25.1 Å². The lowest BCUT2D eigenvalue weighted by Crippen LogP contribution is -2.53. The molecule has 2 aromatic rings. The van der Waals surface area contributed by atoms with Gasteiger partial charge in [-0.3, -0.25) is 4.79 Å². The number of carbonyl (C=O) groups excluding carboxylic acids is 1. The van der Waals surface area contributed by atoms with E-state index in [1.165, 1.54) is 0 Å². The molecule has 1 unspecified atom stereocenters. The number of benzene rings is 2. The molecular weight excluding hydrogens is 416 g/mol. The molecule has 2 N–H and O–H groups in total. The number of para-hydroxylation sites is 1. The standard InChI is InChI=1S/C26H32N4O3/c1-3-4-8-23(32)26(33)30-14-12-29(13-15-30)24-17-19-11-10-18(2)16-21(19)27-25(28-24)20-7-5-6-9-22(20)31/h5-7,9-11,16,23,31-32H,3-4,8,12-15,17H2,1-2H3. The van der Waals surface area contributed by atoms with E-state index in [2.05, 4.69) is 24.0 Å². The minimum absolute atomic E-state index is 0.145. The monoisotopic (exact) mass is 448 g/mol. The van der Waals surface area contributed by atoms with Crippen LogP contribution in [0.5, 0.6) is 5.75 Å². The molecule has 7 nitrogen and oxygen atoms in total. The molecule has 0 saturated carbocycles. The van der Waals surface area contributed by atoms with Gasteiger partial charge in [-0.15, -0.1) is 0 Å². The van der Waals surface area contributed by atoms with Crippen LogP contribution in [0.15, 0.2) is 52.4 Å². The van der Waals surface area contributed by atoms with Gasteiger partial charge < -0.3 is 20.0 Å². The Morgan fingerprint density at radius 1 is 1.09 bits per heavy atom. The van der Waals surface area contributed by atoms with Gasteiger partial charge in [0.25, 0.3) is 5.91 Å². The summed E-state index contributed by atoms with van der Waals surface area (Å²) in [7, 11) is 0. The summed E-state index contributed by atoms with van der Waals surface area (Å²) in [4.78, 5) is 26.2. The summed E-state index contributed by atoms with van der Waals surface area (Å²) in [5.41, 5.74) is 3.65. The molecule has 1 saturated heterocycles. The number of carbonyl (C=O) groups is 1. The largest absolute Gasteiger partial charge is 0.507 e. The lowest BCUT2D eigenvalue weighted by Gasteiger charge is -2.37. The van der Waals surface area contributed by atoms with Gasteiger partial charge in [0.05, 0.1) is 11.3 Å². The molecule has 2 heterocycles. The number of phenols is 1. The third kappa shape index (κ3) is 5.25. The minimum Gasteiger partial charge on any atom is -0.507 e. The molecule has 7 heteroatoms. The third-order valence-electron chi connectivity index (χ3n) is 6.27.